The average molecular weight is 1070 g/mol. The zero-order chi connectivity index (χ0) is 55.9. The van der Waals surface area contributed by atoms with E-state index < -0.39 is 0 Å². The average Bonchev–Trinajstić information content (AvgIpc) is 1.67. The van der Waals surface area contributed by atoms with Gasteiger partial charge in [0.2, 0.25) is 0 Å². The molecule has 398 valence electrons. The predicted molar refractivity (Wildman–Crippen MR) is 337 cm³/mol. The number of fused-ring (bicyclic) bond motifs is 19. The third-order valence-corrected chi connectivity index (χ3v) is 20.9. The molecule has 0 radical (unpaired) electrons. The number of hydrogen-bond acceptors (Lipinski definition) is 2. The predicted octanol–water partition coefficient (Wildman–Crippen LogP) is 18.5. The molecule has 0 spiro atoms. The number of benzene rings is 10. The fraction of sp³-hybridized carbons (Fsp3) is 0.154. The van der Waals surface area contributed by atoms with Gasteiger partial charge in [-0.1, -0.05) is 212 Å². The van der Waals surface area contributed by atoms with E-state index in [-0.39, 0.29) is 27.1 Å². The van der Waals surface area contributed by atoms with Crippen molar-refractivity contribution in [1.82, 2.24) is 14.1 Å². The number of pyridine rings is 1. The Morgan fingerprint density at radius 1 is 0.434 bits per heavy atom. The number of nitrogens with zero attached hydrogens (tertiary/aromatic N) is 4. The van der Waals surface area contributed by atoms with Crippen LogP contribution in [0.4, 0.5) is 0 Å². The molecule has 17 rings (SSSR count). The second kappa shape index (κ2) is 16.5. The molecule has 3 aromatic heterocycles. The quantitative estimate of drug-likeness (QED) is 0.127. The molecule has 0 amide bonds. The van der Waals surface area contributed by atoms with E-state index in [2.05, 4.69) is 293 Å². The molecular weight excluding hydrogens is 1010 g/mol. The Balaban J connectivity index is 0.834. The van der Waals surface area contributed by atoms with Crippen LogP contribution in [0.1, 0.15) is 87.4 Å². The molecule has 0 saturated heterocycles. The van der Waals surface area contributed by atoms with E-state index in [0.29, 0.717) is 0 Å². The molecule has 1 aliphatic heterocycles. The monoisotopic (exact) mass is 1070 g/mol. The lowest BCUT2D eigenvalue weighted by molar-refractivity contribution is -0.571. The third kappa shape index (κ3) is 6.06. The van der Waals surface area contributed by atoms with E-state index in [0.717, 1.165) is 72.8 Å². The second-order valence-corrected chi connectivity index (χ2v) is 25.4. The van der Waals surface area contributed by atoms with E-state index in [1.165, 1.54) is 72.1 Å². The summed E-state index contributed by atoms with van der Waals surface area (Å²) in [5, 5.41) is 2.32. The number of rotatable bonds is 5. The van der Waals surface area contributed by atoms with Gasteiger partial charge in [0.25, 0.3) is 6.33 Å². The zero-order valence-electron chi connectivity index (χ0n) is 47.7. The first-order chi connectivity index (χ1) is 40.3. The topological polar surface area (TPSA) is 35.9 Å². The van der Waals surface area contributed by atoms with Crippen molar-refractivity contribution in [3.8, 4) is 73.2 Å². The van der Waals surface area contributed by atoms with Crippen LogP contribution in [0, 0.1) is 11.7 Å². The van der Waals surface area contributed by atoms with Gasteiger partial charge in [0.1, 0.15) is 17.3 Å². The first kappa shape index (κ1) is 48.2. The van der Waals surface area contributed by atoms with Gasteiger partial charge in [0.05, 0.1) is 33.4 Å². The Hall–Kier alpha value is -9.58. The first-order valence-corrected chi connectivity index (χ1v) is 29.3. The molecule has 13 aromatic rings. The molecule has 0 N–H and O–H groups in total. The minimum absolute atomic E-state index is 0.0309. The Morgan fingerprint density at radius 3 is 1.67 bits per heavy atom. The molecule has 0 bridgehead atoms. The van der Waals surface area contributed by atoms with Crippen molar-refractivity contribution in [3.63, 3.8) is 0 Å². The summed E-state index contributed by atoms with van der Waals surface area (Å²) in [4.78, 5) is 4.94. The Bertz CT molecular complexity index is 4970. The van der Waals surface area contributed by atoms with E-state index in [4.69, 9.17) is 9.72 Å². The van der Waals surface area contributed by atoms with Crippen LogP contribution >= 0.6 is 0 Å². The van der Waals surface area contributed by atoms with Crippen molar-refractivity contribution < 1.29 is 9.30 Å². The molecule has 5 nitrogen and oxygen atoms in total. The van der Waals surface area contributed by atoms with Crippen LogP contribution in [-0.4, -0.2) is 14.1 Å². The van der Waals surface area contributed by atoms with Gasteiger partial charge < -0.3 is 4.74 Å². The molecule has 0 saturated carbocycles. The van der Waals surface area contributed by atoms with Crippen LogP contribution in [0.5, 0.6) is 11.5 Å². The number of imidazole rings is 1. The maximum Gasteiger partial charge on any atom is 0.269 e. The Labute approximate surface area is 484 Å². The molecule has 5 heteroatoms. The molecule has 0 fully saturated rings. The maximum atomic E-state index is 6.93. The van der Waals surface area contributed by atoms with E-state index in [9.17, 15) is 0 Å². The lowest BCUT2D eigenvalue weighted by Crippen LogP contribution is -2.51. The standard InChI is InChI=1S/C78H60N4O/c1-74(2,3)50-40-41-79-72(44-50)82-68-32-17-12-26-58(68)60-38-36-53(46-71(60)82)83-52-21-18-20-51(45-52)80-47-81-70-43-49(34-37-59(70)56-24-10-8-22-54(56)55-23-9-11-25-57(55)61-27-19-33-69(80)73(61)81)48-35-39-66-67(42-48)77(6)65-31-16-15-30-64(65)75(4)62-28-13-14-29-63(62)76(66,5)78(75,77)7/h8-46H,1-7H3. The molecule has 10 aromatic carbocycles. The zero-order valence-corrected chi connectivity index (χ0v) is 47.7. The number of para-hydroxylation sites is 2. The summed E-state index contributed by atoms with van der Waals surface area (Å²) in [6, 6.07) is 85.5. The summed E-state index contributed by atoms with van der Waals surface area (Å²) in [6.07, 6.45) is 5.94. The van der Waals surface area contributed by atoms with Gasteiger partial charge >= 0.3 is 0 Å². The summed E-state index contributed by atoms with van der Waals surface area (Å²) in [5.41, 5.74) is 24.8. The number of hydrogen-bond donors (Lipinski definition) is 0. The van der Waals surface area contributed by atoms with Crippen molar-refractivity contribution in [3.05, 3.63) is 282 Å². The van der Waals surface area contributed by atoms with Gasteiger partial charge in [-0.2, -0.15) is 0 Å². The van der Waals surface area contributed by atoms with Crippen LogP contribution in [0.2, 0.25) is 0 Å². The molecule has 4 unspecified atom stereocenters. The second-order valence-electron chi connectivity index (χ2n) is 25.4. The minimum Gasteiger partial charge on any atom is -0.458 e. The highest BCUT2D eigenvalue weighted by molar-refractivity contribution is 6.09. The Morgan fingerprint density at radius 2 is 0.976 bits per heavy atom. The Kier molecular flexibility index (Phi) is 9.60. The van der Waals surface area contributed by atoms with Crippen molar-refractivity contribution in [1.29, 1.82) is 0 Å². The molecular formula is C78H60N4O. The van der Waals surface area contributed by atoms with Gasteiger partial charge in [-0.05, 0) is 150 Å². The number of aromatic nitrogens is 4. The highest BCUT2D eigenvalue weighted by Crippen LogP contribution is 2.82. The molecule has 83 heavy (non-hydrogen) atoms. The third-order valence-electron chi connectivity index (χ3n) is 20.9. The maximum absolute atomic E-state index is 6.93. The molecule has 3 aliphatic carbocycles. The molecule has 4 heterocycles. The molecule has 4 atom stereocenters. The highest BCUT2D eigenvalue weighted by Gasteiger charge is 2.79. The normalized spacial score (nSPS) is 20.4. The van der Waals surface area contributed by atoms with Gasteiger partial charge in [-0.15, -0.1) is 0 Å². The van der Waals surface area contributed by atoms with E-state index in [1.807, 2.05) is 12.3 Å². The van der Waals surface area contributed by atoms with Gasteiger partial charge in [-0.25, -0.2) is 4.98 Å². The fourth-order valence-electron chi connectivity index (χ4n) is 16.7. The summed E-state index contributed by atoms with van der Waals surface area (Å²) in [5.74, 6) is 2.35. The molecule has 4 aliphatic rings. The van der Waals surface area contributed by atoms with Gasteiger partial charge in [-0.3, -0.25) is 13.7 Å². The summed E-state index contributed by atoms with van der Waals surface area (Å²) in [6.45, 7) is 17.0. The van der Waals surface area contributed by atoms with Gasteiger partial charge in [0.15, 0.2) is 0 Å². The lowest BCUT2D eigenvalue weighted by atomic mass is 9.52. The largest absolute Gasteiger partial charge is 0.458 e. The van der Waals surface area contributed by atoms with Crippen molar-refractivity contribution in [2.75, 3.05) is 0 Å². The van der Waals surface area contributed by atoms with Crippen LogP contribution in [0.3, 0.4) is 0 Å². The van der Waals surface area contributed by atoms with Crippen LogP contribution < -0.4 is 9.30 Å². The summed E-state index contributed by atoms with van der Waals surface area (Å²) in [7, 11) is 0. The van der Waals surface area contributed by atoms with Gasteiger partial charge in [0, 0.05) is 44.7 Å². The smallest absolute Gasteiger partial charge is 0.269 e. The number of ether oxygens (including phenoxy) is 1. The van der Waals surface area contributed by atoms with E-state index in [1.54, 1.807) is 0 Å². The lowest BCUT2D eigenvalue weighted by Gasteiger charge is -2.49. The van der Waals surface area contributed by atoms with Crippen molar-refractivity contribution >= 4 is 32.8 Å². The van der Waals surface area contributed by atoms with Crippen molar-refractivity contribution in [2.24, 2.45) is 5.41 Å². The SMILES string of the molecule is CC(C)(C)c1ccnc(-n2c3ccccc3c3ccc(Oc4cccc(-n5[c-][n+]6c7c(cccc75)-c5ccccc5-c5ccccc5-c5ccc(-c7ccc8c(c7)C7(C)c9ccccc9C9(C)c%10ccccc%10C8(C)C97C)cc5-6)c4)cc32)c1. The summed E-state index contributed by atoms with van der Waals surface area (Å²) >= 11 is 0. The van der Waals surface area contributed by atoms with Crippen LogP contribution in [-0.2, 0) is 21.7 Å². The highest BCUT2D eigenvalue weighted by atomic mass is 16.5. The van der Waals surface area contributed by atoms with E-state index >= 15 is 0 Å². The first-order valence-electron chi connectivity index (χ1n) is 29.3. The minimum atomic E-state index is -0.254. The van der Waals surface area contributed by atoms with Crippen LogP contribution in [0.25, 0.3) is 94.5 Å². The van der Waals surface area contributed by atoms with Crippen molar-refractivity contribution in [2.45, 2.75) is 70.1 Å². The summed E-state index contributed by atoms with van der Waals surface area (Å²) < 4.78 is 13.8. The van der Waals surface area contributed by atoms with Crippen LogP contribution in [0.15, 0.2) is 237 Å². The fourth-order valence-corrected chi connectivity index (χ4v) is 16.7.